The van der Waals surface area contributed by atoms with Crippen LogP contribution in [0.25, 0.3) is 0 Å². The number of hydrogen-bond donors (Lipinski definition) is 1. The number of pyridine rings is 1. The lowest BCUT2D eigenvalue weighted by molar-refractivity contribution is 0.205. The average Bonchev–Trinajstić information content (AvgIpc) is 2.06. The lowest BCUT2D eigenvalue weighted by Gasteiger charge is -2.37. The molecule has 0 amide bonds. The molecule has 0 spiro atoms. The van der Waals surface area contributed by atoms with Crippen molar-refractivity contribution in [2.45, 2.75) is 6.04 Å². The molecule has 14 heavy (non-hydrogen) atoms. The molecule has 3 nitrogen and oxygen atoms in total. The molecule has 1 aliphatic heterocycles. The number of aromatic nitrogens is 1. The van der Waals surface area contributed by atoms with Crippen LogP contribution in [0.4, 0.5) is 5.82 Å². The van der Waals surface area contributed by atoms with E-state index in [0.717, 1.165) is 27.9 Å². The summed E-state index contributed by atoms with van der Waals surface area (Å²) >= 11 is 6.85. The Balaban J connectivity index is 2.02. The van der Waals surface area contributed by atoms with Gasteiger partial charge in [-0.25, -0.2) is 4.98 Å². The number of nitrogens with zero attached hydrogens (tertiary/aromatic N) is 2. The van der Waals surface area contributed by atoms with Gasteiger partial charge in [0.2, 0.25) is 0 Å². The fourth-order valence-corrected chi connectivity index (χ4v) is 2.61. The third-order valence-electron chi connectivity index (χ3n) is 2.21. The maximum atomic E-state index is 4.30. The van der Waals surface area contributed by atoms with Crippen molar-refractivity contribution in [3.63, 3.8) is 0 Å². The minimum atomic E-state index is 0.532. The van der Waals surface area contributed by atoms with E-state index in [-0.39, 0.29) is 0 Å². The smallest absolute Gasteiger partial charge is 0.140 e. The normalized spacial score (nSPS) is 17.9. The lowest BCUT2D eigenvalue weighted by atomic mass is 10.1. The first-order valence-electron chi connectivity index (χ1n) is 4.41. The molecule has 2 rings (SSSR count). The van der Waals surface area contributed by atoms with Crippen LogP contribution in [0.5, 0.6) is 0 Å². The van der Waals surface area contributed by atoms with Crippen LogP contribution in [0.1, 0.15) is 0 Å². The summed E-state index contributed by atoms with van der Waals surface area (Å²) < 4.78 is 1.99. The molecule has 0 atom stereocenters. The molecule has 5 heteroatoms. The molecule has 0 radical (unpaired) electrons. The first-order chi connectivity index (χ1) is 6.65. The number of halogens is 2. The van der Waals surface area contributed by atoms with Crippen LogP contribution >= 0.6 is 31.9 Å². The molecule has 1 aliphatic rings. The van der Waals surface area contributed by atoms with Gasteiger partial charge in [0, 0.05) is 23.8 Å². The zero-order valence-corrected chi connectivity index (χ0v) is 11.0. The zero-order chi connectivity index (χ0) is 10.1. The quantitative estimate of drug-likeness (QED) is 0.906. The Morgan fingerprint density at radius 2 is 2.21 bits per heavy atom. The van der Waals surface area contributed by atoms with Gasteiger partial charge in [-0.05, 0) is 45.0 Å². The van der Waals surface area contributed by atoms with Crippen LogP contribution in [0.3, 0.4) is 0 Å². The van der Waals surface area contributed by atoms with Gasteiger partial charge < -0.3 is 10.2 Å². The summed E-state index contributed by atoms with van der Waals surface area (Å²) in [6.45, 7) is 2.17. The number of likely N-dealkylation sites (N-methyl/N-ethyl adjacent to an activating group) is 1. The predicted octanol–water partition coefficient (Wildman–Crippen LogP) is 2.33. The number of rotatable bonds is 2. The highest BCUT2D eigenvalue weighted by atomic mass is 79.9. The van der Waals surface area contributed by atoms with Crippen molar-refractivity contribution in [1.29, 1.82) is 0 Å². The molecule has 1 N–H and O–H groups in total. The molecular weight excluding hydrogens is 310 g/mol. The van der Waals surface area contributed by atoms with Crippen LogP contribution in [-0.2, 0) is 0 Å². The fourth-order valence-electron chi connectivity index (χ4n) is 1.50. The number of likely N-dealkylation sites (tertiary alicyclic amines) is 1. The second-order valence-corrected chi connectivity index (χ2v) is 5.32. The van der Waals surface area contributed by atoms with Gasteiger partial charge in [0.1, 0.15) is 5.82 Å². The van der Waals surface area contributed by atoms with E-state index in [4.69, 9.17) is 0 Å². The Hall–Kier alpha value is -0.130. The van der Waals surface area contributed by atoms with Gasteiger partial charge in [0.05, 0.1) is 10.5 Å². The molecule has 1 saturated heterocycles. The summed E-state index contributed by atoms with van der Waals surface area (Å²) in [4.78, 5) is 6.57. The summed E-state index contributed by atoms with van der Waals surface area (Å²) in [5.74, 6) is 0.923. The Morgan fingerprint density at radius 1 is 1.50 bits per heavy atom. The molecule has 1 aromatic rings. The van der Waals surface area contributed by atoms with E-state index in [1.54, 1.807) is 6.20 Å². The van der Waals surface area contributed by atoms with E-state index in [9.17, 15) is 0 Å². The minimum Gasteiger partial charge on any atom is -0.364 e. The van der Waals surface area contributed by atoms with Crippen LogP contribution in [-0.4, -0.2) is 36.1 Å². The van der Waals surface area contributed by atoms with Crippen LogP contribution in [0.2, 0.25) is 0 Å². The van der Waals surface area contributed by atoms with Crippen molar-refractivity contribution < 1.29 is 0 Å². The summed E-state index contributed by atoms with van der Waals surface area (Å²) in [6, 6.07) is 2.53. The van der Waals surface area contributed by atoms with Gasteiger partial charge in [-0.1, -0.05) is 0 Å². The van der Waals surface area contributed by atoms with Crippen LogP contribution in [0, 0.1) is 0 Å². The monoisotopic (exact) mass is 319 g/mol. The van der Waals surface area contributed by atoms with E-state index in [1.165, 1.54) is 0 Å². The fraction of sp³-hybridized carbons (Fsp3) is 0.444. The highest BCUT2D eigenvalue weighted by Crippen LogP contribution is 2.24. The van der Waals surface area contributed by atoms with E-state index in [2.05, 4.69) is 54.1 Å². The van der Waals surface area contributed by atoms with Gasteiger partial charge >= 0.3 is 0 Å². The maximum Gasteiger partial charge on any atom is 0.140 e. The van der Waals surface area contributed by atoms with E-state index in [1.807, 2.05) is 6.07 Å². The van der Waals surface area contributed by atoms with Crippen molar-refractivity contribution >= 4 is 37.7 Å². The van der Waals surface area contributed by atoms with Crippen molar-refractivity contribution in [3.8, 4) is 0 Å². The van der Waals surface area contributed by atoms with Gasteiger partial charge in [-0.3, -0.25) is 0 Å². The third-order valence-corrected chi connectivity index (χ3v) is 3.25. The van der Waals surface area contributed by atoms with Crippen molar-refractivity contribution in [1.82, 2.24) is 9.88 Å². The molecule has 0 aliphatic carbocycles. The van der Waals surface area contributed by atoms with Crippen LogP contribution in [0.15, 0.2) is 21.2 Å². The molecule has 0 aromatic carbocycles. The van der Waals surface area contributed by atoms with E-state index in [0.29, 0.717) is 6.04 Å². The Bertz CT molecular complexity index is 337. The SMILES string of the molecule is CN1CC(Nc2ncc(Br)cc2Br)C1. The average molecular weight is 321 g/mol. The highest BCUT2D eigenvalue weighted by Gasteiger charge is 2.23. The molecule has 0 unspecified atom stereocenters. The summed E-state index contributed by atoms with van der Waals surface area (Å²) in [5, 5.41) is 3.38. The molecule has 2 heterocycles. The molecule has 0 bridgehead atoms. The first kappa shape index (κ1) is 10.4. The topological polar surface area (TPSA) is 28.2 Å². The summed E-state index contributed by atoms with van der Waals surface area (Å²) in [7, 11) is 2.11. The number of nitrogens with one attached hydrogen (secondary N) is 1. The second kappa shape index (κ2) is 4.16. The van der Waals surface area contributed by atoms with Gasteiger partial charge in [0.25, 0.3) is 0 Å². The minimum absolute atomic E-state index is 0.532. The van der Waals surface area contributed by atoms with Crippen molar-refractivity contribution in [2.75, 3.05) is 25.5 Å². The van der Waals surface area contributed by atoms with Gasteiger partial charge in [0.15, 0.2) is 0 Å². The summed E-state index contributed by atoms with van der Waals surface area (Å²) in [5.41, 5.74) is 0. The van der Waals surface area contributed by atoms with E-state index >= 15 is 0 Å². The molecule has 1 aromatic heterocycles. The number of anilines is 1. The van der Waals surface area contributed by atoms with Crippen molar-refractivity contribution in [2.24, 2.45) is 0 Å². The Morgan fingerprint density at radius 3 is 2.79 bits per heavy atom. The van der Waals surface area contributed by atoms with Crippen LogP contribution < -0.4 is 5.32 Å². The second-order valence-electron chi connectivity index (χ2n) is 3.55. The summed E-state index contributed by atoms with van der Waals surface area (Å²) in [6.07, 6.45) is 1.80. The zero-order valence-electron chi connectivity index (χ0n) is 7.80. The third kappa shape index (κ3) is 2.27. The molecule has 1 fully saturated rings. The Kier molecular flexibility index (Phi) is 3.09. The molecule has 0 saturated carbocycles. The standard InChI is InChI=1S/C9H11Br2N3/c1-14-4-7(5-14)13-9-8(11)2-6(10)3-12-9/h2-3,7H,4-5H2,1H3,(H,12,13). The molecule has 76 valence electrons. The van der Waals surface area contributed by atoms with Crippen molar-refractivity contribution in [3.05, 3.63) is 21.2 Å². The highest BCUT2D eigenvalue weighted by molar-refractivity contribution is 9.11. The Labute approximate surface area is 100 Å². The maximum absolute atomic E-state index is 4.30. The first-order valence-corrected chi connectivity index (χ1v) is 6.00. The number of hydrogen-bond acceptors (Lipinski definition) is 3. The van der Waals surface area contributed by atoms with Gasteiger partial charge in [-0.15, -0.1) is 0 Å². The lowest BCUT2D eigenvalue weighted by Crippen LogP contribution is -2.52. The largest absolute Gasteiger partial charge is 0.364 e. The predicted molar refractivity (Wildman–Crippen MR) is 64.5 cm³/mol. The van der Waals surface area contributed by atoms with Gasteiger partial charge in [-0.2, -0.15) is 0 Å². The van der Waals surface area contributed by atoms with E-state index < -0.39 is 0 Å². The molecular formula is C9H11Br2N3.